The zero-order valence-corrected chi connectivity index (χ0v) is 12.2. The molecule has 0 saturated carbocycles. The number of nitriles is 1. The highest BCUT2D eigenvalue weighted by atomic mass is 16.5. The van der Waals surface area contributed by atoms with Crippen LogP contribution in [0.15, 0.2) is 48.5 Å². The van der Waals surface area contributed by atoms with Gasteiger partial charge in [-0.15, -0.1) is 0 Å². The molecular weight excluding hydrogens is 274 g/mol. The van der Waals surface area contributed by atoms with Crippen molar-refractivity contribution in [2.24, 2.45) is 0 Å². The SMILES string of the molecule is N#CCCCCOc1cccc(-c2nc3ccccc3[nH]2)c1. The monoisotopic (exact) mass is 291 g/mol. The Morgan fingerprint density at radius 2 is 2.00 bits per heavy atom. The average Bonchev–Trinajstić information content (AvgIpc) is 2.99. The van der Waals surface area contributed by atoms with Crippen molar-refractivity contribution in [2.75, 3.05) is 6.61 Å². The van der Waals surface area contributed by atoms with Gasteiger partial charge in [-0.2, -0.15) is 5.26 Å². The van der Waals surface area contributed by atoms with Crippen molar-refractivity contribution < 1.29 is 4.74 Å². The number of nitrogens with one attached hydrogen (secondary N) is 1. The van der Waals surface area contributed by atoms with Gasteiger partial charge in [-0.3, -0.25) is 0 Å². The van der Waals surface area contributed by atoms with Gasteiger partial charge in [0.15, 0.2) is 0 Å². The number of aromatic nitrogens is 2. The van der Waals surface area contributed by atoms with Crippen LogP contribution in [0.3, 0.4) is 0 Å². The normalized spacial score (nSPS) is 10.5. The number of nitrogens with zero attached hydrogens (tertiary/aromatic N) is 2. The third-order valence-corrected chi connectivity index (χ3v) is 3.45. The van der Waals surface area contributed by atoms with Gasteiger partial charge in [0.2, 0.25) is 0 Å². The lowest BCUT2D eigenvalue weighted by Crippen LogP contribution is -1.97. The zero-order chi connectivity index (χ0) is 15.2. The average molecular weight is 291 g/mol. The molecule has 22 heavy (non-hydrogen) atoms. The first kappa shape index (κ1) is 14.2. The van der Waals surface area contributed by atoms with Crippen molar-refractivity contribution in [2.45, 2.75) is 19.3 Å². The maximum absolute atomic E-state index is 8.50. The molecule has 0 spiro atoms. The molecule has 0 unspecified atom stereocenters. The second kappa shape index (κ2) is 6.77. The van der Waals surface area contributed by atoms with Gasteiger partial charge in [-0.25, -0.2) is 4.98 Å². The number of benzene rings is 2. The quantitative estimate of drug-likeness (QED) is 0.689. The molecule has 2 aromatic carbocycles. The van der Waals surface area contributed by atoms with Gasteiger partial charge in [-0.05, 0) is 37.1 Å². The summed E-state index contributed by atoms with van der Waals surface area (Å²) in [4.78, 5) is 7.92. The minimum atomic E-state index is 0.586. The predicted octanol–water partition coefficient (Wildman–Crippen LogP) is 4.30. The second-order valence-corrected chi connectivity index (χ2v) is 5.09. The summed E-state index contributed by atoms with van der Waals surface area (Å²) in [5.74, 6) is 1.67. The van der Waals surface area contributed by atoms with E-state index in [2.05, 4.69) is 16.0 Å². The van der Waals surface area contributed by atoms with E-state index in [1.165, 1.54) is 0 Å². The van der Waals surface area contributed by atoms with Crippen molar-refractivity contribution >= 4 is 11.0 Å². The summed E-state index contributed by atoms with van der Waals surface area (Å²) in [6.07, 6.45) is 2.35. The fraction of sp³-hybridized carbons (Fsp3) is 0.222. The van der Waals surface area contributed by atoms with Gasteiger partial charge in [-0.1, -0.05) is 24.3 Å². The summed E-state index contributed by atoms with van der Waals surface area (Å²) in [7, 11) is 0. The molecule has 3 aromatic rings. The van der Waals surface area contributed by atoms with E-state index in [0.29, 0.717) is 13.0 Å². The maximum atomic E-state index is 8.50. The van der Waals surface area contributed by atoms with Crippen LogP contribution in [0.25, 0.3) is 22.4 Å². The van der Waals surface area contributed by atoms with Gasteiger partial charge in [0.05, 0.1) is 23.7 Å². The number of H-pyrrole nitrogens is 1. The number of hydrogen-bond donors (Lipinski definition) is 1. The number of rotatable bonds is 6. The van der Waals surface area contributed by atoms with Crippen LogP contribution < -0.4 is 4.74 Å². The Hall–Kier alpha value is -2.80. The molecule has 1 heterocycles. The van der Waals surface area contributed by atoms with E-state index in [0.717, 1.165) is 41.0 Å². The van der Waals surface area contributed by atoms with Crippen LogP contribution in [0.2, 0.25) is 0 Å². The third kappa shape index (κ3) is 3.26. The fourth-order valence-corrected chi connectivity index (χ4v) is 2.32. The van der Waals surface area contributed by atoms with Gasteiger partial charge in [0.1, 0.15) is 11.6 Å². The molecule has 0 atom stereocenters. The standard InChI is InChI=1S/C18H17N3O/c19-11-4-1-5-12-22-15-8-6-7-14(13-15)18-20-16-9-2-3-10-17(16)21-18/h2-3,6-10,13H,1,4-5,12H2,(H,20,21). The molecule has 0 bridgehead atoms. The first-order valence-electron chi connectivity index (χ1n) is 7.42. The Bertz CT molecular complexity index is 768. The van der Waals surface area contributed by atoms with Crippen molar-refractivity contribution in [3.05, 3.63) is 48.5 Å². The number of ether oxygens (including phenoxy) is 1. The van der Waals surface area contributed by atoms with Crippen molar-refractivity contribution in [3.63, 3.8) is 0 Å². The summed E-state index contributed by atoms with van der Waals surface area (Å²) >= 11 is 0. The van der Waals surface area contributed by atoms with Gasteiger partial charge in [0.25, 0.3) is 0 Å². The molecule has 0 amide bonds. The van der Waals surface area contributed by atoms with Crippen LogP contribution in [0.1, 0.15) is 19.3 Å². The summed E-state index contributed by atoms with van der Waals surface area (Å²) in [6, 6.07) is 18.0. The molecule has 1 N–H and O–H groups in total. The van der Waals surface area contributed by atoms with Crippen molar-refractivity contribution in [1.29, 1.82) is 5.26 Å². The summed E-state index contributed by atoms with van der Waals surface area (Å²) in [5, 5.41) is 8.50. The number of para-hydroxylation sites is 2. The third-order valence-electron chi connectivity index (χ3n) is 3.45. The van der Waals surface area contributed by atoms with Crippen LogP contribution in [0.4, 0.5) is 0 Å². The number of imidazole rings is 1. The van der Waals surface area contributed by atoms with E-state index in [4.69, 9.17) is 10.00 Å². The first-order chi connectivity index (χ1) is 10.9. The summed E-state index contributed by atoms with van der Waals surface area (Å²) in [6.45, 7) is 0.630. The van der Waals surface area contributed by atoms with E-state index in [1.54, 1.807) is 0 Å². The molecule has 3 rings (SSSR count). The van der Waals surface area contributed by atoms with E-state index in [1.807, 2.05) is 48.5 Å². The van der Waals surface area contributed by atoms with Crippen LogP contribution >= 0.6 is 0 Å². The molecule has 0 saturated heterocycles. The molecule has 0 aliphatic heterocycles. The van der Waals surface area contributed by atoms with E-state index in [9.17, 15) is 0 Å². The largest absolute Gasteiger partial charge is 0.494 e. The molecule has 4 heteroatoms. The lowest BCUT2D eigenvalue weighted by Gasteiger charge is -2.06. The van der Waals surface area contributed by atoms with Crippen LogP contribution in [-0.4, -0.2) is 16.6 Å². The minimum absolute atomic E-state index is 0.586. The summed E-state index contributed by atoms with van der Waals surface area (Å²) in [5.41, 5.74) is 2.99. The predicted molar refractivity (Wildman–Crippen MR) is 86.5 cm³/mol. The lowest BCUT2D eigenvalue weighted by atomic mass is 10.2. The zero-order valence-electron chi connectivity index (χ0n) is 12.2. The summed E-state index contributed by atoms with van der Waals surface area (Å²) < 4.78 is 5.74. The van der Waals surface area contributed by atoms with Crippen LogP contribution in [0, 0.1) is 11.3 Å². The molecule has 0 aliphatic rings. The van der Waals surface area contributed by atoms with Crippen molar-refractivity contribution in [1.82, 2.24) is 9.97 Å². The van der Waals surface area contributed by atoms with E-state index in [-0.39, 0.29) is 0 Å². The lowest BCUT2D eigenvalue weighted by molar-refractivity contribution is 0.307. The smallest absolute Gasteiger partial charge is 0.138 e. The Morgan fingerprint density at radius 3 is 2.86 bits per heavy atom. The topological polar surface area (TPSA) is 61.7 Å². The molecule has 1 aromatic heterocycles. The number of unbranched alkanes of at least 4 members (excludes halogenated alkanes) is 2. The highest BCUT2D eigenvalue weighted by Gasteiger charge is 2.05. The maximum Gasteiger partial charge on any atom is 0.138 e. The van der Waals surface area contributed by atoms with E-state index < -0.39 is 0 Å². The highest BCUT2D eigenvalue weighted by Crippen LogP contribution is 2.24. The number of fused-ring (bicyclic) bond motifs is 1. The van der Waals surface area contributed by atoms with Crippen molar-refractivity contribution in [3.8, 4) is 23.2 Å². The Kier molecular flexibility index (Phi) is 4.35. The Morgan fingerprint density at radius 1 is 1.09 bits per heavy atom. The minimum Gasteiger partial charge on any atom is -0.494 e. The highest BCUT2D eigenvalue weighted by molar-refractivity contribution is 5.79. The molecule has 0 fully saturated rings. The first-order valence-corrected chi connectivity index (χ1v) is 7.42. The Labute approximate surface area is 129 Å². The molecule has 4 nitrogen and oxygen atoms in total. The number of hydrogen-bond acceptors (Lipinski definition) is 3. The van der Waals surface area contributed by atoms with E-state index >= 15 is 0 Å². The fourth-order valence-electron chi connectivity index (χ4n) is 2.32. The molecule has 0 aliphatic carbocycles. The molecule has 110 valence electrons. The van der Waals surface area contributed by atoms with Gasteiger partial charge in [0, 0.05) is 12.0 Å². The molecular formula is C18H17N3O. The number of aromatic amines is 1. The van der Waals surface area contributed by atoms with Gasteiger partial charge < -0.3 is 9.72 Å². The Balaban J connectivity index is 1.72. The second-order valence-electron chi connectivity index (χ2n) is 5.09. The molecule has 0 radical (unpaired) electrons. The van der Waals surface area contributed by atoms with Crippen LogP contribution in [0.5, 0.6) is 5.75 Å². The van der Waals surface area contributed by atoms with Crippen LogP contribution in [-0.2, 0) is 0 Å². The van der Waals surface area contributed by atoms with Gasteiger partial charge >= 0.3 is 0 Å².